The zero-order chi connectivity index (χ0) is 14.5. The molecule has 0 aromatic heterocycles. The summed E-state index contributed by atoms with van der Waals surface area (Å²) in [6.07, 6.45) is 4.65. The molecule has 2 aliphatic heterocycles. The molecule has 3 rings (SSSR count). The molecule has 0 bridgehead atoms. The lowest BCUT2D eigenvalue weighted by atomic mass is 9.83. The summed E-state index contributed by atoms with van der Waals surface area (Å²) in [4.78, 5) is 2.47. The molecule has 0 amide bonds. The van der Waals surface area contributed by atoms with Gasteiger partial charge >= 0.3 is 0 Å². The van der Waals surface area contributed by atoms with E-state index in [-0.39, 0.29) is 11.4 Å². The molecule has 2 heterocycles. The number of nitrogen functional groups attached to an aromatic ring is 1. The van der Waals surface area contributed by atoms with Crippen molar-refractivity contribution in [2.75, 3.05) is 18.8 Å². The quantitative estimate of drug-likeness (QED) is 0.793. The highest BCUT2D eigenvalue weighted by molar-refractivity contribution is 5.88. The van der Waals surface area contributed by atoms with Gasteiger partial charge < -0.3 is 5.73 Å². The molecule has 2 N–H and O–H groups in total. The molecule has 1 saturated heterocycles. The van der Waals surface area contributed by atoms with Gasteiger partial charge in [-0.05, 0) is 62.1 Å². The summed E-state index contributed by atoms with van der Waals surface area (Å²) in [6, 6.07) is 2.95. The van der Waals surface area contributed by atoms with E-state index in [1.807, 2.05) is 6.92 Å². The Hall–Kier alpha value is -1.61. The average Bonchev–Trinajstić information content (AvgIpc) is 2.69. The Balaban J connectivity index is 2.14. The fourth-order valence-corrected chi connectivity index (χ4v) is 3.58. The standard InChI is InChI=1S/C17H21FN2/c1-11-7-13(18)8-15(19)16(11)14-9-17(3)5-4-6-20(17)10-12(14)2/h7-9H,2,4-6,10,19H2,1,3H3. The first kappa shape index (κ1) is 13.4. The summed E-state index contributed by atoms with van der Waals surface area (Å²) in [5.41, 5.74) is 10.7. The largest absolute Gasteiger partial charge is 0.398 e. The maximum Gasteiger partial charge on any atom is 0.125 e. The van der Waals surface area contributed by atoms with E-state index in [0.717, 1.165) is 41.8 Å². The van der Waals surface area contributed by atoms with Crippen LogP contribution in [0.25, 0.3) is 5.57 Å². The van der Waals surface area contributed by atoms with E-state index in [0.29, 0.717) is 5.69 Å². The Labute approximate surface area is 119 Å². The molecule has 106 valence electrons. The number of hydrogen-bond acceptors (Lipinski definition) is 2. The Morgan fingerprint density at radius 1 is 1.40 bits per heavy atom. The van der Waals surface area contributed by atoms with Crippen LogP contribution in [0.15, 0.2) is 30.4 Å². The maximum absolute atomic E-state index is 13.4. The fraction of sp³-hybridized carbons (Fsp3) is 0.412. The normalized spacial score (nSPS) is 26.6. The van der Waals surface area contributed by atoms with E-state index in [1.54, 1.807) is 6.07 Å². The predicted molar refractivity (Wildman–Crippen MR) is 81.9 cm³/mol. The van der Waals surface area contributed by atoms with Crippen LogP contribution in [0, 0.1) is 12.7 Å². The third kappa shape index (κ3) is 1.97. The Morgan fingerprint density at radius 2 is 2.15 bits per heavy atom. The van der Waals surface area contributed by atoms with Gasteiger partial charge in [0.15, 0.2) is 0 Å². The number of nitrogens with zero attached hydrogens (tertiary/aromatic N) is 1. The zero-order valence-corrected chi connectivity index (χ0v) is 12.2. The first-order valence-electron chi connectivity index (χ1n) is 7.13. The summed E-state index contributed by atoms with van der Waals surface area (Å²) in [5.74, 6) is -0.278. The van der Waals surface area contributed by atoms with Crippen molar-refractivity contribution in [3.8, 4) is 0 Å². The molecule has 1 fully saturated rings. The number of nitrogens with two attached hydrogens (primary N) is 1. The minimum absolute atomic E-state index is 0.0871. The van der Waals surface area contributed by atoms with Gasteiger partial charge in [0.05, 0.1) is 0 Å². The van der Waals surface area contributed by atoms with Crippen molar-refractivity contribution in [2.45, 2.75) is 32.2 Å². The van der Waals surface area contributed by atoms with E-state index in [1.165, 1.54) is 12.5 Å². The minimum atomic E-state index is -0.278. The third-order valence-electron chi connectivity index (χ3n) is 4.65. The monoisotopic (exact) mass is 272 g/mol. The van der Waals surface area contributed by atoms with Crippen LogP contribution in [-0.4, -0.2) is 23.5 Å². The van der Waals surface area contributed by atoms with Crippen LogP contribution in [0.4, 0.5) is 10.1 Å². The van der Waals surface area contributed by atoms with Gasteiger partial charge in [0, 0.05) is 23.3 Å². The second-order valence-corrected chi connectivity index (χ2v) is 6.23. The van der Waals surface area contributed by atoms with Gasteiger partial charge in [-0.3, -0.25) is 4.90 Å². The summed E-state index contributed by atoms with van der Waals surface area (Å²) >= 11 is 0. The molecule has 3 heteroatoms. The topological polar surface area (TPSA) is 29.3 Å². The number of anilines is 1. The van der Waals surface area contributed by atoms with Gasteiger partial charge in [0.2, 0.25) is 0 Å². The highest BCUT2D eigenvalue weighted by atomic mass is 19.1. The van der Waals surface area contributed by atoms with Crippen molar-refractivity contribution < 1.29 is 4.39 Å². The van der Waals surface area contributed by atoms with E-state index < -0.39 is 0 Å². The lowest BCUT2D eigenvalue weighted by Crippen LogP contribution is -2.43. The predicted octanol–water partition coefficient (Wildman–Crippen LogP) is 3.52. The lowest BCUT2D eigenvalue weighted by molar-refractivity contribution is 0.217. The van der Waals surface area contributed by atoms with Crippen molar-refractivity contribution in [2.24, 2.45) is 0 Å². The van der Waals surface area contributed by atoms with Gasteiger partial charge in [0.25, 0.3) is 0 Å². The van der Waals surface area contributed by atoms with Gasteiger partial charge in [0.1, 0.15) is 5.82 Å². The Bertz CT molecular complexity index is 594. The van der Waals surface area contributed by atoms with Crippen LogP contribution < -0.4 is 5.73 Å². The zero-order valence-electron chi connectivity index (χ0n) is 12.2. The molecule has 2 nitrogen and oxygen atoms in total. The first-order valence-corrected chi connectivity index (χ1v) is 7.13. The number of fused-ring (bicyclic) bond motifs is 1. The molecule has 0 aliphatic carbocycles. The molecule has 2 aliphatic rings. The van der Waals surface area contributed by atoms with E-state index in [2.05, 4.69) is 24.5 Å². The molecule has 1 aromatic carbocycles. The summed E-state index contributed by atoms with van der Waals surface area (Å²) in [6.45, 7) is 10.4. The Kier molecular flexibility index (Phi) is 2.98. The van der Waals surface area contributed by atoms with Crippen molar-refractivity contribution in [3.05, 3.63) is 47.3 Å². The van der Waals surface area contributed by atoms with Gasteiger partial charge in [-0.25, -0.2) is 4.39 Å². The highest BCUT2D eigenvalue weighted by Crippen LogP contribution is 2.42. The van der Waals surface area contributed by atoms with Crippen LogP contribution in [0.5, 0.6) is 0 Å². The summed E-state index contributed by atoms with van der Waals surface area (Å²) < 4.78 is 13.4. The smallest absolute Gasteiger partial charge is 0.125 e. The Morgan fingerprint density at radius 3 is 2.85 bits per heavy atom. The molecule has 1 unspecified atom stereocenters. The second kappa shape index (κ2) is 4.45. The molecule has 1 aromatic rings. The summed E-state index contributed by atoms with van der Waals surface area (Å²) in [5, 5.41) is 0. The van der Waals surface area contributed by atoms with E-state index >= 15 is 0 Å². The molecule has 0 saturated carbocycles. The van der Waals surface area contributed by atoms with Crippen LogP contribution >= 0.6 is 0 Å². The number of halogens is 1. The van der Waals surface area contributed by atoms with Crippen LogP contribution in [0.3, 0.4) is 0 Å². The van der Waals surface area contributed by atoms with Crippen molar-refractivity contribution in [1.29, 1.82) is 0 Å². The second-order valence-electron chi connectivity index (χ2n) is 6.23. The maximum atomic E-state index is 13.4. The highest BCUT2D eigenvalue weighted by Gasteiger charge is 2.39. The van der Waals surface area contributed by atoms with Crippen LogP contribution in [-0.2, 0) is 0 Å². The lowest BCUT2D eigenvalue weighted by Gasteiger charge is -2.39. The average molecular weight is 272 g/mol. The molecule has 0 radical (unpaired) electrons. The SMILES string of the molecule is C=C1CN2CCCC2(C)C=C1c1c(C)cc(F)cc1N. The van der Waals surface area contributed by atoms with Gasteiger partial charge in [-0.1, -0.05) is 12.7 Å². The van der Waals surface area contributed by atoms with Crippen LogP contribution in [0.1, 0.15) is 30.9 Å². The van der Waals surface area contributed by atoms with Crippen molar-refractivity contribution in [1.82, 2.24) is 4.90 Å². The summed E-state index contributed by atoms with van der Waals surface area (Å²) in [7, 11) is 0. The van der Waals surface area contributed by atoms with Gasteiger partial charge in [-0.2, -0.15) is 0 Å². The third-order valence-corrected chi connectivity index (χ3v) is 4.65. The molecule has 0 spiro atoms. The first-order chi connectivity index (χ1) is 9.40. The van der Waals surface area contributed by atoms with E-state index in [9.17, 15) is 4.39 Å². The van der Waals surface area contributed by atoms with Crippen LogP contribution in [0.2, 0.25) is 0 Å². The van der Waals surface area contributed by atoms with E-state index in [4.69, 9.17) is 5.73 Å². The number of aryl methyl sites for hydroxylation is 1. The van der Waals surface area contributed by atoms with Gasteiger partial charge in [-0.15, -0.1) is 0 Å². The molecular formula is C17H21FN2. The fourth-order valence-electron chi connectivity index (χ4n) is 3.58. The number of hydrogen-bond donors (Lipinski definition) is 1. The van der Waals surface area contributed by atoms with Crippen molar-refractivity contribution >= 4 is 11.3 Å². The van der Waals surface area contributed by atoms with Crippen molar-refractivity contribution in [3.63, 3.8) is 0 Å². The minimum Gasteiger partial charge on any atom is -0.398 e. The molecular weight excluding hydrogens is 251 g/mol. The number of rotatable bonds is 1. The number of benzene rings is 1. The molecule has 20 heavy (non-hydrogen) atoms. The molecule has 1 atom stereocenters.